The number of hydrogen-bond acceptors (Lipinski definition) is 4. The summed E-state index contributed by atoms with van der Waals surface area (Å²) in [5.41, 5.74) is 1.55. The van der Waals surface area contributed by atoms with Gasteiger partial charge in [0.15, 0.2) is 0 Å². The molecule has 0 radical (unpaired) electrons. The normalized spacial score (nSPS) is 18.0. The molecule has 1 aliphatic rings. The van der Waals surface area contributed by atoms with Gasteiger partial charge in [0.1, 0.15) is 11.8 Å². The zero-order chi connectivity index (χ0) is 10.0. The first-order chi connectivity index (χ1) is 6.72. The molecule has 1 aliphatic heterocycles. The molecular weight excluding hydrogens is 176 g/mol. The van der Waals surface area contributed by atoms with Crippen LogP contribution in [0.3, 0.4) is 0 Å². The zero-order valence-corrected chi connectivity index (χ0v) is 8.04. The highest BCUT2D eigenvalue weighted by Crippen LogP contribution is 2.17. The van der Waals surface area contributed by atoms with Crippen molar-refractivity contribution in [2.75, 3.05) is 18.4 Å². The minimum atomic E-state index is 0.135. The van der Waals surface area contributed by atoms with Crippen molar-refractivity contribution < 1.29 is 0 Å². The van der Waals surface area contributed by atoms with E-state index in [2.05, 4.69) is 22.5 Å². The lowest BCUT2D eigenvalue weighted by Gasteiger charge is -2.40. The van der Waals surface area contributed by atoms with Gasteiger partial charge < -0.3 is 10.6 Å². The number of nitrogens with zero attached hydrogens (tertiary/aromatic N) is 2. The van der Waals surface area contributed by atoms with Crippen molar-refractivity contribution in [3.8, 4) is 6.07 Å². The minimum Gasteiger partial charge on any atom is -0.376 e. The van der Waals surface area contributed by atoms with Crippen LogP contribution in [0.4, 0.5) is 5.69 Å². The Hall–Kier alpha value is -1.60. The second kappa shape index (κ2) is 3.28. The van der Waals surface area contributed by atoms with Crippen molar-refractivity contribution in [1.29, 1.82) is 5.26 Å². The molecule has 0 spiro atoms. The highest BCUT2D eigenvalue weighted by molar-refractivity contribution is 5.46. The van der Waals surface area contributed by atoms with Gasteiger partial charge in [-0.2, -0.15) is 5.26 Å². The molecule has 0 saturated carbocycles. The lowest BCUT2D eigenvalue weighted by atomic mass is 9.95. The first kappa shape index (κ1) is 8.97. The summed E-state index contributed by atoms with van der Waals surface area (Å²) in [7, 11) is 0. The molecule has 1 saturated heterocycles. The second-order valence-electron chi connectivity index (χ2n) is 3.83. The van der Waals surface area contributed by atoms with Crippen molar-refractivity contribution in [3.05, 3.63) is 24.0 Å². The zero-order valence-electron chi connectivity index (χ0n) is 8.04. The summed E-state index contributed by atoms with van der Waals surface area (Å²) in [6.45, 7) is 4.09. The maximum absolute atomic E-state index is 8.58. The molecule has 2 heterocycles. The molecule has 1 aromatic heterocycles. The molecule has 1 fully saturated rings. The number of aromatic nitrogens is 1. The van der Waals surface area contributed by atoms with Crippen molar-refractivity contribution in [2.45, 2.75) is 12.5 Å². The van der Waals surface area contributed by atoms with E-state index in [-0.39, 0.29) is 5.54 Å². The molecule has 0 aliphatic carbocycles. The first-order valence-corrected chi connectivity index (χ1v) is 4.57. The molecule has 1 aromatic rings. The van der Waals surface area contributed by atoms with Gasteiger partial charge in [-0.1, -0.05) is 0 Å². The minimum absolute atomic E-state index is 0.135. The molecule has 0 unspecified atom stereocenters. The Morgan fingerprint density at radius 3 is 2.79 bits per heavy atom. The molecule has 72 valence electrons. The Balaban J connectivity index is 2.07. The largest absolute Gasteiger partial charge is 0.376 e. The van der Waals surface area contributed by atoms with E-state index in [0.717, 1.165) is 18.8 Å². The summed E-state index contributed by atoms with van der Waals surface area (Å²) >= 11 is 0. The standard InChI is InChI=1S/C10H12N4/c1-10(6-12-7-10)14-9-3-2-8(4-11)13-5-9/h2-3,5,12,14H,6-7H2,1H3. The van der Waals surface area contributed by atoms with Gasteiger partial charge >= 0.3 is 0 Å². The lowest BCUT2D eigenvalue weighted by Crippen LogP contribution is -2.62. The van der Waals surface area contributed by atoms with E-state index in [0.29, 0.717) is 5.69 Å². The number of nitrogens with one attached hydrogen (secondary N) is 2. The monoisotopic (exact) mass is 188 g/mol. The molecule has 0 amide bonds. The Kier molecular flexibility index (Phi) is 2.10. The first-order valence-electron chi connectivity index (χ1n) is 4.57. The van der Waals surface area contributed by atoms with Crippen LogP contribution in [0.2, 0.25) is 0 Å². The third-order valence-corrected chi connectivity index (χ3v) is 2.35. The Morgan fingerprint density at radius 1 is 1.57 bits per heavy atom. The summed E-state index contributed by atoms with van der Waals surface area (Å²) in [5, 5.41) is 15.2. The van der Waals surface area contributed by atoms with Crippen LogP contribution in [0.15, 0.2) is 18.3 Å². The topological polar surface area (TPSA) is 60.7 Å². The van der Waals surface area contributed by atoms with E-state index in [1.165, 1.54) is 0 Å². The number of anilines is 1. The fourth-order valence-corrected chi connectivity index (χ4v) is 1.47. The lowest BCUT2D eigenvalue weighted by molar-refractivity contribution is 0.338. The van der Waals surface area contributed by atoms with Crippen LogP contribution in [0.1, 0.15) is 12.6 Å². The summed E-state index contributed by atoms with van der Waals surface area (Å²) in [5.74, 6) is 0. The third-order valence-electron chi connectivity index (χ3n) is 2.35. The Labute approximate surface area is 83.0 Å². The van der Waals surface area contributed by atoms with Gasteiger partial charge in [0.05, 0.1) is 17.4 Å². The van der Waals surface area contributed by atoms with E-state index in [1.54, 1.807) is 12.3 Å². The predicted molar refractivity (Wildman–Crippen MR) is 53.8 cm³/mol. The predicted octanol–water partition coefficient (Wildman–Crippen LogP) is 0.727. The number of nitriles is 1. The Bertz CT molecular complexity index is 359. The molecule has 4 heteroatoms. The van der Waals surface area contributed by atoms with Crippen LogP contribution in [-0.4, -0.2) is 23.6 Å². The van der Waals surface area contributed by atoms with Gasteiger partial charge in [-0.3, -0.25) is 0 Å². The number of rotatable bonds is 2. The molecule has 14 heavy (non-hydrogen) atoms. The van der Waals surface area contributed by atoms with Gasteiger partial charge in [0, 0.05) is 13.1 Å². The maximum atomic E-state index is 8.58. The van der Waals surface area contributed by atoms with E-state index in [9.17, 15) is 0 Å². The van der Waals surface area contributed by atoms with Crippen molar-refractivity contribution in [3.63, 3.8) is 0 Å². The quantitative estimate of drug-likeness (QED) is 0.718. The van der Waals surface area contributed by atoms with Crippen LogP contribution in [0.5, 0.6) is 0 Å². The van der Waals surface area contributed by atoms with Crippen LogP contribution < -0.4 is 10.6 Å². The van der Waals surface area contributed by atoms with E-state index in [1.807, 2.05) is 12.1 Å². The van der Waals surface area contributed by atoms with Gasteiger partial charge in [0.25, 0.3) is 0 Å². The molecule has 2 N–H and O–H groups in total. The second-order valence-corrected chi connectivity index (χ2v) is 3.83. The van der Waals surface area contributed by atoms with Crippen LogP contribution >= 0.6 is 0 Å². The fourth-order valence-electron chi connectivity index (χ4n) is 1.47. The highest BCUT2D eigenvalue weighted by atomic mass is 15.1. The smallest absolute Gasteiger partial charge is 0.140 e. The number of pyridine rings is 1. The molecule has 0 aromatic carbocycles. The van der Waals surface area contributed by atoms with Crippen molar-refractivity contribution in [2.24, 2.45) is 0 Å². The highest BCUT2D eigenvalue weighted by Gasteiger charge is 2.30. The fraction of sp³-hybridized carbons (Fsp3) is 0.400. The summed E-state index contributed by atoms with van der Waals surface area (Å²) in [6.07, 6.45) is 1.70. The average Bonchev–Trinajstić information content (AvgIpc) is 2.17. The molecule has 2 rings (SSSR count). The van der Waals surface area contributed by atoms with Gasteiger partial charge in [-0.25, -0.2) is 4.98 Å². The van der Waals surface area contributed by atoms with Crippen LogP contribution in [-0.2, 0) is 0 Å². The van der Waals surface area contributed by atoms with E-state index in [4.69, 9.17) is 5.26 Å². The van der Waals surface area contributed by atoms with Gasteiger partial charge in [0.2, 0.25) is 0 Å². The van der Waals surface area contributed by atoms with E-state index >= 15 is 0 Å². The van der Waals surface area contributed by atoms with Crippen LogP contribution in [0, 0.1) is 11.3 Å². The van der Waals surface area contributed by atoms with Crippen LogP contribution in [0.25, 0.3) is 0 Å². The van der Waals surface area contributed by atoms with Crippen molar-refractivity contribution >= 4 is 5.69 Å². The van der Waals surface area contributed by atoms with E-state index < -0.39 is 0 Å². The molecular formula is C10H12N4. The number of hydrogen-bond donors (Lipinski definition) is 2. The van der Waals surface area contributed by atoms with Gasteiger partial charge in [-0.15, -0.1) is 0 Å². The molecule has 0 bridgehead atoms. The summed E-state index contributed by atoms with van der Waals surface area (Å²) in [4.78, 5) is 4.00. The summed E-state index contributed by atoms with van der Waals surface area (Å²) < 4.78 is 0. The third kappa shape index (κ3) is 1.68. The molecule has 0 atom stereocenters. The maximum Gasteiger partial charge on any atom is 0.140 e. The van der Waals surface area contributed by atoms with Gasteiger partial charge in [-0.05, 0) is 19.1 Å². The average molecular weight is 188 g/mol. The van der Waals surface area contributed by atoms with Crippen molar-refractivity contribution in [1.82, 2.24) is 10.3 Å². The SMILES string of the molecule is CC1(Nc2ccc(C#N)nc2)CNC1. The Morgan fingerprint density at radius 2 is 2.36 bits per heavy atom. The summed E-state index contributed by atoms with van der Waals surface area (Å²) in [6, 6.07) is 5.60. The molecule has 4 nitrogen and oxygen atoms in total.